The minimum Gasteiger partial charge on any atom is -0.466 e. The van der Waals surface area contributed by atoms with Crippen molar-refractivity contribution in [3.63, 3.8) is 0 Å². The normalized spacial score (nSPS) is 12.4. The van der Waals surface area contributed by atoms with Gasteiger partial charge in [-0.3, -0.25) is 9.59 Å². The Hall–Kier alpha value is -1.14. The van der Waals surface area contributed by atoms with Crippen LogP contribution in [0.1, 0.15) is 502 Å². The first-order chi connectivity index (χ1) is 44.5. The van der Waals surface area contributed by atoms with Crippen LogP contribution in [0.15, 0.2) is 0 Å². The summed E-state index contributed by atoms with van der Waals surface area (Å²) in [6.45, 7) is 5.03. The van der Waals surface area contributed by atoms with Crippen molar-refractivity contribution in [2.75, 3.05) is 13.2 Å². The summed E-state index contributed by atoms with van der Waals surface area (Å²) in [7, 11) is 0. The molecule has 0 saturated carbocycles. The summed E-state index contributed by atoms with van der Waals surface area (Å²) in [4.78, 5) is 24.7. The van der Waals surface area contributed by atoms with Gasteiger partial charge in [-0.05, 0) is 25.7 Å². The molecule has 0 fully saturated rings. The Morgan fingerprint density at radius 1 is 0.267 bits per heavy atom. The zero-order valence-corrected chi connectivity index (χ0v) is 61.9. The lowest BCUT2D eigenvalue weighted by molar-refractivity contribution is -0.143. The largest absolute Gasteiger partial charge is 0.466 e. The maximum absolute atomic E-state index is 12.6. The van der Waals surface area contributed by atoms with Gasteiger partial charge in [-0.15, -0.1) is 0 Å². The maximum Gasteiger partial charge on any atom is 0.305 e. The van der Waals surface area contributed by atoms with Crippen LogP contribution in [0.3, 0.4) is 0 Å². The monoisotopic (exact) mass is 1270 g/mol. The quantitative estimate of drug-likeness (QED) is 0.0417. The topological polar surface area (TPSA) is 95.9 Å². The van der Waals surface area contributed by atoms with Crippen LogP contribution in [-0.4, -0.2) is 47.4 Å². The fourth-order valence-electron chi connectivity index (χ4n) is 14.0. The number of rotatable bonds is 81. The van der Waals surface area contributed by atoms with Crippen molar-refractivity contribution in [2.24, 2.45) is 0 Å². The zero-order valence-electron chi connectivity index (χ0n) is 61.9. The molecular formula is C84H167NO5. The molecule has 0 aliphatic carbocycles. The Kier molecular flexibility index (Phi) is 79.3. The van der Waals surface area contributed by atoms with Gasteiger partial charge in [0.25, 0.3) is 0 Å². The summed E-state index contributed by atoms with van der Waals surface area (Å²) in [6.07, 6.45) is 101. The molecule has 2 atom stereocenters. The van der Waals surface area contributed by atoms with Crippen LogP contribution in [0, 0.1) is 0 Å². The molecule has 1 amide bonds. The van der Waals surface area contributed by atoms with Crippen LogP contribution in [0.5, 0.6) is 0 Å². The van der Waals surface area contributed by atoms with Gasteiger partial charge >= 0.3 is 5.97 Å². The molecule has 0 radical (unpaired) electrons. The van der Waals surface area contributed by atoms with Crippen LogP contribution in [0.25, 0.3) is 0 Å². The van der Waals surface area contributed by atoms with E-state index in [1.165, 1.54) is 430 Å². The lowest BCUT2D eigenvalue weighted by Gasteiger charge is -2.22. The lowest BCUT2D eigenvalue weighted by Crippen LogP contribution is -2.45. The molecule has 0 bridgehead atoms. The van der Waals surface area contributed by atoms with Gasteiger partial charge in [0.2, 0.25) is 5.91 Å². The second kappa shape index (κ2) is 80.3. The van der Waals surface area contributed by atoms with Gasteiger partial charge in [0.05, 0.1) is 25.4 Å². The van der Waals surface area contributed by atoms with Gasteiger partial charge in [0.15, 0.2) is 0 Å². The van der Waals surface area contributed by atoms with Crippen LogP contribution < -0.4 is 5.32 Å². The van der Waals surface area contributed by atoms with E-state index in [0.717, 1.165) is 38.5 Å². The SMILES string of the molecule is CCCCCCCCCCCCCCCCCCCCCCCCCC(O)C(CO)NC(=O)CCCCCCCCCCCCCCCCCCCCCCCCCCCCCCCCCOC(=O)CCCCCCCCCCCCCCCCCCCCC. The van der Waals surface area contributed by atoms with Gasteiger partial charge < -0.3 is 20.3 Å². The standard InChI is InChI=1S/C84H167NO5/c1-3-5-7-9-11-13-15-17-19-21-23-24-34-37-41-44-48-52-56-60-64-68-72-76-82(87)81(80-86)85-83(88)77-73-69-65-61-57-53-49-45-42-38-35-32-30-28-26-25-27-29-31-33-36-39-43-47-51-55-59-63-67-71-75-79-90-84(89)78-74-70-66-62-58-54-50-46-40-22-20-18-16-14-12-10-8-6-4-2/h81-82,86-87H,3-80H2,1-2H3,(H,85,88). The van der Waals surface area contributed by atoms with Gasteiger partial charge in [0, 0.05) is 12.8 Å². The van der Waals surface area contributed by atoms with Gasteiger partial charge in [-0.25, -0.2) is 0 Å². The molecule has 0 aromatic heterocycles. The molecule has 6 heteroatoms. The van der Waals surface area contributed by atoms with Crippen LogP contribution in [0.4, 0.5) is 0 Å². The number of amides is 1. The highest BCUT2D eigenvalue weighted by Gasteiger charge is 2.20. The molecule has 0 saturated heterocycles. The van der Waals surface area contributed by atoms with Gasteiger partial charge in [-0.2, -0.15) is 0 Å². The van der Waals surface area contributed by atoms with Crippen LogP contribution >= 0.6 is 0 Å². The Morgan fingerprint density at radius 2 is 0.456 bits per heavy atom. The summed E-state index contributed by atoms with van der Waals surface area (Å²) in [5.41, 5.74) is 0. The predicted octanol–water partition coefficient (Wildman–Crippen LogP) is 28.1. The number of nitrogens with one attached hydrogen (secondary N) is 1. The molecule has 0 rings (SSSR count). The summed E-state index contributed by atoms with van der Waals surface area (Å²) >= 11 is 0. The summed E-state index contributed by atoms with van der Waals surface area (Å²) < 4.78 is 5.53. The van der Waals surface area contributed by atoms with Crippen molar-refractivity contribution in [3.8, 4) is 0 Å². The van der Waals surface area contributed by atoms with Crippen LogP contribution in [0.2, 0.25) is 0 Å². The highest BCUT2D eigenvalue weighted by molar-refractivity contribution is 5.76. The van der Waals surface area contributed by atoms with E-state index < -0.39 is 12.1 Å². The molecule has 0 spiro atoms. The third-order valence-corrected chi connectivity index (χ3v) is 20.4. The molecule has 0 heterocycles. The first-order valence-electron chi connectivity index (χ1n) is 42.3. The number of hydrogen-bond acceptors (Lipinski definition) is 5. The number of carbonyl (C=O) groups excluding carboxylic acids is 2. The lowest BCUT2D eigenvalue weighted by atomic mass is 10.0. The van der Waals surface area contributed by atoms with Crippen molar-refractivity contribution in [3.05, 3.63) is 0 Å². The third-order valence-electron chi connectivity index (χ3n) is 20.4. The number of unbranched alkanes of at least 4 members (excludes halogenated alkanes) is 70. The fourth-order valence-corrected chi connectivity index (χ4v) is 14.0. The minimum absolute atomic E-state index is 0.0240. The Morgan fingerprint density at radius 3 is 0.678 bits per heavy atom. The maximum atomic E-state index is 12.6. The smallest absolute Gasteiger partial charge is 0.305 e. The molecule has 0 aromatic carbocycles. The summed E-state index contributed by atoms with van der Waals surface area (Å²) in [5.74, 6) is 0.00337. The Balaban J connectivity index is 3.31. The molecule has 0 aromatic rings. The third kappa shape index (κ3) is 75.9. The second-order valence-electron chi connectivity index (χ2n) is 29.5. The number of carbonyl (C=O) groups is 2. The van der Waals surface area contributed by atoms with E-state index in [4.69, 9.17) is 4.74 Å². The van der Waals surface area contributed by atoms with E-state index in [0.29, 0.717) is 25.9 Å². The van der Waals surface area contributed by atoms with E-state index in [2.05, 4.69) is 19.2 Å². The average Bonchev–Trinajstić information content (AvgIpc) is 3.55. The molecule has 0 aliphatic heterocycles. The number of aliphatic hydroxyl groups is 2. The van der Waals surface area contributed by atoms with E-state index in [9.17, 15) is 19.8 Å². The van der Waals surface area contributed by atoms with Crippen molar-refractivity contribution < 1.29 is 24.5 Å². The summed E-state index contributed by atoms with van der Waals surface area (Å²) in [6, 6.07) is -0.539. The second-order valence-corrected chi connectivity index (χ2v) is 29.5. The molecule has 3 N–H and O–H groups in total. The zero-order chi connectivity index (χ0) is 64.9. The average molecular weight is 1270 g/mol. The molecule has 0 aliphatic rings. The fraction of sp³-hybridized carbons (Fsp3) is 0.976. The van der Waals surface area contributed by atoms with Crippen LogP contribution in [-0.2, 0) is 14.3 Å². The minimum atomic E-state index is -0.662. The first kappa shape index (κ1) is 88.9. The van der Waals surface area contributed by atoms with Crippen molar-refractivity contribution >= 4 is 11.9 Å². The van der Waals surface area contributed by atoms with E-state index in [1.54, 1.807) is 0 Å². The van der Waals surface area contributed by atoms with Crippen molar-refractivity contribution in [2.45, 2.75) is 514 Å². The number of ether oxygens (including phenoxy) is 1. The Labute approximate surface area is 566 Å². The number of esters is 1. The number of hydrogen-bond donors (Lipinski definition) is 3. The van der Waals surface area contributed by atoms with Gasteiger partial charge in [0.1, 0.15) is 0 Å². The molecule has 2 unspecified atom stereocenters. The van der Waals surface area contributed by atoms with E-state index in [-0.39, 0.29) is 18.5 Å². The highest BCUT2D eigenvalue weighted by atomic mass is 16.5. The van der Waals surface area contributed by atoms with E-state index in [1.807, 2.05) is 0 Å². The molecule has 90 heavy (non-hydrogen) atoms. The first-order valence-corrected chi connectivity index (χ1v) is 42.3. The summed E-state index contributed by atoms with van der Waals surface area (Å²) in [5, 5.41) is 23.5. The van der Waals surface area contributed by atoms with Gasteiger partial charge in [-0.1, -0.05) is 463 Å². The Bertz CT molecular complexity index is 1320. The van der Waals surface area contributed by atoms with Crippen molar-refractivity contribution in [1.29, 1.82) is 0 Å². The molecule has 6 nitrogen and oxygen atoms in total. The highest BCUT2D eigenvalue weighted by Crippen LogP contribution is 2.21. The number of aliphatic hydroxyl groups excluding tert-OH is 2. The van der Waals surface area contributed by atoms with Crippen molar-refractivity contribution in [1.82, 2.24) is 5.32 Å². The van der Waals surface area contributed by atoms with E-state index >= 15 is 0 Å². The predicted molar refractivity (Wildman–Crippen MR) is 398 cm³/mol. The molecule has 538 valence electrons. The molecular weight excluding hydrogens is 1100 g/mol.